The Kier molecular flexibility index (Phi) is 6.55. The van der Waals surface area contributed by atoms with E-state index in [9.17, 15) is 0 Å². The van der Waals surface area contributed by atoms with Gasteiger partial charge in [0.1, 0.15) is 12.4 Å². The van der Waals surface area contributed by atoms with Crippen molar-refractivity contribution in [2.24, 2.45) is 12.0 Å². The molecule has 0 aliphatic carbocycles. The Balaban J connectivity index is 1.67. The molecule has 140 valence electrons. The van der Waals surface area contributed by atoms with Crippen molar-refractivity contribution in [2.45, 2.75) is 44.5 Å². The maximum atomic E-state index is 4.76. The van der Waals surface area contributed by atoms with Crippen LogP contribution in [0.25, 0.3) is 0 Å². The van der Waals surface area contributed by atoms with Gasteiger partial charge < -0.3 is 15.2 Å². The van der Waals surface area contributed by atoms with Crippen LogP contribution in [0.1, 0.15) is 43.0 Å². The third-order valence-corrected chi connectivity index (χ3v) is 6.13. The first-order valence-electron chi connectivity index (χ1n) is 9.19. The Morgan fingerprint density at radius 3 is 2.81 bits per heavy atom. The molecule has 1 saturated heterocycles. The van der Waals surface area contributed by atoms with Crippen molar-refractivity contribution >= 4 is 17.7 Å². The van der Waals surface area contributed by atoms with Gasteiger partial charge in [-0.1, -0.05) is 30.3 Å². The van der Waals surface area contributed by atoms with E-state index in [0.29, 0.717) is 11.8 Å². The second kappa shape index (κ2) is 9.07. The molecule has 2 aromatic rings. The van der Waals surface area contributed by atoms with Crippen LogP contribution in [0, 0.1) is 6.92 Å². The monoisotopic (exact) mass is 372 g/mol. The molecule has 7 heteroatoms. The molecule has 1 aromatic carbocycles. The van der Waals surface area contributed by atoms with Crippen molar-refractivity contribution in [3.8, 4) is 0 Å². The predicted molar refractivity (Wildman–Crippen MR) is 108 cm³/mol. The zero-order valence-electron chi connectivity index (χ0n) is 15.8. The first-order chi connectivity index (χ1) is 12.6. The van der Waals surface area contributed by atoms with Gasteiger partial charge in [-0.3, -0.25) is 0 Å². The summed E-state index contributed by atoms with van der Waals surface area (Å²) in [6.07, 6.45) is 2.59. The first kappa shape index (κ1) is 18.8. The fourth-order valence-electron chi connectivity index (χ4n) is 2.94. The van der Waals surface area contributed by atoms with E-state index in [1.807, 2.05) is 36.4 Å². The van der Waals surface area contributed by atoms with Gasteiger partial charge in [0.25, 0.3) is 0 Å². The number of nitrogens with zero attached hydrogens (tertiary/aromatic N) is 4. The summed E-state index contributed by atoms with van der Waals surface area (Å²) in [6, 6.07) is 10.6. The molecule has 0 bridgehead atoms. The molecule has 26 heavy (non-hydrogen) atoms. The van der Waals surface area contributed by atoms with Crippen molar-refractivity contribution in [2.75, 3.05) is 12.3 Å². The molecule has 0 radical (unpaired) electrons. The van der Waals surface area contributed by atoms with Crippen molar-refractivity contribution in [1.82, 2.24) is 25.4 Å². The second-order valence-electron chi connectivity index (χ2n) is 6.68. The van der Waals surface area contributed by atoms with E-state index in [1.54, 1.807) is 0 Å². The Hall–Kier alpha value is -2.02. The van der Waals surface area contributed by atoms with Crippen LogP contribution in [0.5, 0.6) is 0 Å². The number of nitrogens with one attached hydrogen (secondary N) is 2. The van der Waals surface area contributed by atoms with Gasteiger partial charge in [0.15, 0.2) is 11.8 Å². The molecule has 1 aliphatic rings. The molecule has 2 unspecified atom stereocenters. The fourth-order valence-corrected chi connectivity index (χ4v) is 4.14. The van der Waals surface area contributed by atoms with E-state index in [0.717, 1.165) is 24.2 Å². The van der Waals surface area contributed by atoms with Crippen LogP contribution in [0.3, 0.4) is 0 Å². The van der Waals surface area contributed by atoms with Crippen LogP contribution in [-0.4, -0.2) is 38.3 Å². The normalized spacial score (nSPS) is 18.7. The number of benzene rings is 1. The Labute approximate surface area is 159 Å². The lowest BCUT2D eigenvalue weighted by atomic mass is 10.1. The topological polar surface area (TPSA) is 67.1 Å². The highest BCUT2D eigenvalue weighted by atomic mass is 32.2. The Bertz CT molecular complexity index is 721. The smallest absolute Gasteiger partial charge is 0.192 e. The second-order valence-corrected chi connectivity index (χ2v) is 8.09. The molecular formula is C19H28N6S. The zero-order valence-corrected chi connectivity index (χ0v) is 16.6. The largest absolute Gasteiger partial charge is 0.355 e. The molecule has 2 heterocycles. The molecule has 0 amide bonds. The van der Waals surface area contributed by atoms with Crippen molar-refractivity contribution in [3.05, 3.63) is 47.5 Å². The van der Waals surface area contributed by atoms with Gasteiger partial charge in [-0.05, 0) is 38.0 Å². The van der Waals surface area contributed by atoms with Gasteiger partial charge >= 0.3 is 0 Å². The van der Waals surface area contributed by atoms with Gasteiger partial charge in [0, 0.05) is 18.8 Å². The third-order valence-electron chi connectivity index (χ3n) is 4.74. The van der Waals surface area contributed by atoms with E-state index in [-0.39, 0.29) is 6.04 Å². The summed E-state index contributed by atoms with van der Waals surface area (Å²) in [6.45, 7) is 5.55. The minimum Gasteiger partial charge on any atom is -0.355 e. The van der Waals surface area contributed by atoms with Crippen molar-refractivity contribution in [3.63, 3.8) is 0 Å². The van der Waals surface area contributed by atoms with Crippen LogP contribution in [0.2, 0.25) is 0 Å². The minimum atomic E-state index is 0.180. The molecule has 3 rings (SSSR count). The van der Waals surface area contributed by atoms with E-state index < -0.39 is 0 Å². The number of thioether (sulfide) groups is 1. The Morgan fingerprint density at radius 2 is 2.15 bits per heavy atom. The lowest BCUT2D eigenvalue weighted by molar-refractivity contribution is 0.664. The molecule has 2 N–H and O–H groups in total. The molecule has 0 spiro atoms. The van der Waals surface area contributed by atoms with Crippen LogP contribution in [0.4, 0.5) is 0 Å². The molecule has 1 fully saturated rings. The quantitative estimate of drug-likeness (QED) is 0.603. The van der Waals surface area contributed by atoms with Gasteiger partial charge in [-0.25, -0.2) is 4.99 Å². The number of rotatable bonds is 6. The van der Waals surface area contributed by atoms with Crippen LogP contribution in [-0.2, 0) is 13.6 Å². The fraction of sp³-hybridized carbons (Fsp3) is 0.526. The SMILES string of the molecule is Cc1nnc(CN=C(NCC2CCCS2)NC(C)c2ccccc2)n1C. The summed E-state index contributed by atoms with van der Waals surface area (Å²) >= 11 is 2.05. The molecule has 1 aliphatic heterocycles. The molecular weight excluding hydrogens is 344 g/mol. The molecule has 6 nitrogen and oxygen atoms in total. The summed E-state index contributed by atoms with van der Waals surface area (Å²) in [5.41, 5.74) is 1.24. The number of aryl methyl sites for hydroxylation is 1. The Morgan fingerprint density at radius 1 is 1.35 bits per heavy atom. The summed E-state index contributed by atoms with van der Waals surface area (Å²) < 4.78 is 1.98. The lowest BCUT2D eigenvalue weighted by Crippen LogP contribution is -2.41. The zero-order chi connectivity index (χ0) is 18.4. The van der Waals surface area contributed by atoms with E-state index in [1.165, 1.54) is 24.2 Å². The third kappa shape index (κ3) is 5.00. The van der Waals surface area contributed by atoms with E-state index in [4.69, 9.17) is 4.99 Å². The predicted octanol–water partition coefficient (Wildman–Crippen LogP) is 2.82. The maximum absolute atomic E-state index is 4.76. The highest BCUT2D eigenvalue weighted by molar-refractivity contribution is 8.00. The van der Waals surface area contributed by atoms with Gasteiger partial charge in [0.05, 0.1) is 6.04 Å². The molecule has 2 atom stereocenters. The number of aliphatic imine (C=N–C) groups is 1. The molecule has 1 aromatic heterocycles. The lowest BCUT2D eigenvalue weighted by Gasteiger charge is -2.20. The maximum Gasteiger partial charge on any atom is 0.192 e. The van der Waals surface area contributed by atoms with E-state index in [2.05, 4.69) is 52.0 Å². The number of hydrogen-bond donors (Lipinski definition) is 2. The summed E-state index contributed by atoms with van der Waals surface area (Å²) in [4.78, 5) is 4.76. The van der Waals surface area contributed by atoms with Gasteiger partial charge in [-0.2, -0.15) is 11.8 Å². The van der Waals surface area contributed by atoms with E-state index >= 15 is 0 Å². The van der Waals surface area contributed by atoms with Crippen LogP contribution < -0.4 is 10.6 Å². The summed E-state index contributed by atoms with van der Waals surface area (Å²) in [5.74, 6) is 3.86. The average Bonchev–Trinajstić information content (AvgIpc) is 3.29. The first-order valence-corrected chi connectivity index (χ1v) is 10.2. The molecule has 0 saturated carbocycles. The van der Waals surface area contributed by atoms with Gasteiger partial charge in [-0.15, -0.1) is 10.2 Å². The standard InChI is InChI=1S/C19H28N6S/c1-14(16-8-5-4-6-9-16)22-19(20-12-17-10-7-11-26-17)21-13-18-24-23-15(2)25(18)3/h4-6,8-9,14,17H,7,10-13H2,1-3H3,(H2,20,21,22). The highest BCUT2D eigenvalue weighted by Gasteiger charge is 2.16. The number of aromatic nitrogens is 3. The summed E-state index contributed by atoms with van der Waals surface area (Å²) in [7, 11) is 1.97. The number of guanidine groups is 1. The van der Waals surface area contributed by atoms with Crippen LogP contribution in [0.15, 0.2) is 35.3 Å². The van der Waals surface area contributed by atoms with Crippen molar-refractivity contribution < 1.29 is 0 Å². The minimum absolute atomic E-state index is 0.180. The average molecular weight is 373 g/mol. The van der Waals surface area contributed by atoms with Crippen LogP contribution >= 0.6 is 11.8 Å². The van der Waals surface area contributed by atoms with Gasteiger partial charge in [0.2, 0.25) is 0 Å². The highest BCUT2D eigenvalue weighted by Crippen LogP contribution is 2.25. The van der Waals surface area contributed by atoms with Crippen molar-refractivity contribution in [1.29, 1.82) is 0 Å². The summed E-state index contributed by atoms with van der Waals surface area (Å²) in [5, 5.41) is 16.0. The number of hydrogen-bond acceptors (Lipinski definition) is 4.